The average Bonchev–Trinajstić information content (AvgIpc) is 2.95. The molecule has 2 aromatic carbocycles. The van der Waals surface area contributed by atoms with E-state index in [1.54, 1.807) is 11.0 Å². The minimum Gasteiger partial charge on any atom is -0.352 e. The second-order valence-electron chi connectivity index (χ2n) is 6.09. The van der Waals surface area contributed by atoms with Gasteiger partial charge in [-0.1, -0.05) is 41.4 Å². The van der Waals surface area contributed by atoms with E-state index in [0.717, 1.165) is 16.8 Å². The Labute approximate surface area is 146 Å². The van der Waals surface area contributed by atoms with E-state index >= 15 is 0 Å². The Bertz CT molecular complexity index is 758. The van der Waals surface area contributed by atoms with Crippen LogP contribution >= 0.6 is 11.6 Å². The Balaban J connectivity index is 1.60. The van der Waals surface area contributed by atoms with Crippen molar-refractivity contribution in [2.45, 2.75) is 19.9 Å². The predicted octanol–water partition coefficient (Wildman–Crippen LogP) is 3.32. The summed E-state index contributed by atoms with van der Waals surface area (Å²) in [6, 6.07) is 15.1. The van der Waals surface area contributed by atoms with Gasteiger partial charge in [0, 0.05) is 30.2 Å². The van der Waals surface area contributed by atoms with Crippen LogP contribution in [-0.4, -0.2) is 18.4 Å². The molecule has 1 heterocycles. The van der Waals surface area contributed by atoms with Crippen molar-refractivity contribution in [3.8, 4) is 0 Å². The van der Waals surface area contributed by atoms with Crippen molar-refractivity contribution in [2.75, 3.05) is 11.4 Å². The number of benzene rings is 2. The first-order valence-electron chi connectivity index (χ1n) is 7.92. The highest BCUT2D eigenvalue weighted by Crippen LogP contribution is 2.25. The lowest BCUT2D eigenvalue weighted by Gasteiger charge is -2.17. The van der Waals surface area contributed by atoms with Crippen LogP contribution < -0.4 is 10.2 Å². The first kappa shape index (κ1) is 16.5. The van der Waals surface area contributed by atoms with Gasteiger partial charge < -0.3 is 10.2 Å². The normalized spacial score (nSPS) is 17.2. The SMILES string of the molecule is Cc1ccc(N2CC(C(=O)NCc3cccc(Cl)c3)CC2=O)cc1. The van der Waals surface area contributed by atoms with Crippen LogP contribution in [0.1, 0.15) is 17.5 Å². The molecule has 0 aromatic heterocycles. The van der Waals surface area contributed by atoms with Crippen LogP contribution in [0.5, 0.6) is 0 Å². The van der Waals surface area contributed by atoms with Gasteiger partial charge in [-0.25, -0.2) is 0 Å². The quantitative estimate of drug-likeness (QED) is 0.926. The van der Waals surface area contributed by atoms with Crippen molar-refractivity contribution in [2.24, 2.45) is 5.92 Å². The average molecular weight is 343 g/mol. The fourth-order valence-corrected chi connectivity index (χ4v) is 3.05. The number of amides is 2. The lowest BCUT2D eigenvalue weighted by atomic mass is 10.1. The minimum absolute atomic E-state index is 0.0123. The predicted molar refractivity (Wildman–Crippen MR) is 94.9 cm³/mol. The Kier molecular flexibility index (Phi) is 4.86. The molecule has 0 aliphatic carbocycles. The van der Waals surface area contributed by atoms with Crippen LogP contribution in [0.25, 0.3) is 0 Å². The summed E-state index contributed by atoms with van der Waals surface area (Å²) >= 11 is 5.94. The van der Waals surface area contributed by atoms with Gasteiger partial charge in [-0.2, -0.15) is 0 Å². The van der Waals surface area contributed by atoms with E-state index in [-0.39, 0.29) is 24.2 Å². The number of aryl methyl sites for hydroxylation is 1. The number of rotatable bonds is 4. The molecule has 1 aliphatic heterocycles. The zero-order chi connectivity index (χ0) is 17.1. The summed E-state index contributed by atoms with van der Waals surface area (Å²) in [7, 11) is 0. The smallest absolute Gasteiger partial charge is 0.227 e. The van der Waals surface area contributed by atoms with Gasteiger partial charge in [0.05, 0.1) is 5.92 Å². The molecule has 2 amide bonds. The molecule has 2 aromatic rings. The van der Waals surface area contributed by atoms with Crippen molar-refractivity contribution in [1.29, 1.82) is 0 Å². The Hall–Kier alpha value is -2.33. The molecule has 1 N–H and O–H groups in total. The van der Waals surface area contributed by atoms with E-state index in [0.29, 0.717) is 18.1 Å². The molecule has 1 unspecified atom stereocenters. The molecule has 1 saturated heterocycles. The molecule has 4 nitrogen and oxygen atoms in total. The summed E-state index contributed by atoms with van der Waals surface area (Å²) < 4.78 is 0. The van der Waals surface area contributed by atoms with Gasteiger partial charge in [0.25, 0.3) is 0 Å². The molecule has 1 fully saturated rings. The van der Waals surface area contributed by atoms with Crippen molar-refractivity contribution in [3.63, 3.8) is 0 Å². The van der Waals surface area contributed by atoms with Crippen LogP contribution in [0.3, 0.4) is 0 Å². The van der Waals surface area contributed by atoms with Crippen LogP contribution in [0.4, 0.5) is 5.69 Å². The first-order chi connectivity index (χ1) is 11.5. The van der Waals surface area contributed by atoms with Crippen LogP contribution in [0.15, 0.2) is 48.5 Å². The zero-order valence-corrected chi connectivity index (χ0v) is 14.2. The minimum atomic E-state index is -0.321. The maximum absolute atomic E-state index is 12.4. The van der Waals surface area contributed by atoms with Crippen molar-refractivity contribution < 1.29 is 9.59 Å². The van der Waals surface area contributed by atoms with Crippen LogP contribution in [-0.2, 0) is 16.1 Å². The number of hydrogen-bond donors (Lipinski definition) is 1. The number of nitrogens with zero attached hydrogens (tertiary/aromatic N) is 1. The highest BCUT2D eigenvalue weighted by molar-refractivity contribution is 6.30. The Morgan fingerprint density at radius 1 is 1.25 bits per heavy atom. The third-order valence-electron chi connectivity index (χ3n) is 4.20. The molecule has 0 saturated carbocycles. The van der Waals surface area contributed by atoms with E-state index in [1.165, 1.54) is 0 Å². The molecule has 24 heavy (non-hydrogen) atoms. The first-order valence-corrected chi connectivity index (χ1v) is 8.30. The summed E-state index contributed by atoms with van der Waals surface area (Å²) in [5.41, 5.74) is 2.92. The summed E-state index contributed by atoms with van der Waals surface area (Å²) in [5, 5.41) is 3.54. The van der Waals surface area contributed by atoms with E-state index in [1.807, 2.05) is 49.4 Å². The number of nitrogens with one attached hydrogen (secondary N) is 1. The number of halogens is 1. The summed E-state index contributed by atoms with van der Waals surface area (Å²) in [5.74, 6) is -0.433. The number of carbonyl (C=O) groups is 2. The maximum atomic E-state index is 12.4. The van der Waals surface area contributed by atoms with Crippen molar-refractivity contribution in [3.05, 3.63) is 64.7 Å². The molecular weight excluding hydrogens is 324 g/mol. The largest absolute Gasteiger partial charge is 0.352 e. The number of hydrogen-bond acceptors (Lipinski definition) is 2. The number of carbonyl (C=O) groups excluding carboxylic acids is 2. The van der Waals surface area contributed by atoms with E-state index in [9.17, 15) is 9.59 Å². The third kappa shape index (κ3) is 3.77. The van der Waals surface area contributed by atoms with E-state index < -0.39 is 0 Å². The molecule has 124 valence electrons. The van der Waals surface area contributed by atoms with Gasteiger partial charge >= 0.3 is 0 Å². The Morgan fingerprint density at radius 2 is 2.00 bits per heavy atom. The molecule has 1 atom stereocenters. The summed E-state index contributed by atoms with van der Waals surface area (Å²) in [6.45, 7) is 2.83. The summed E-state index contributed by atoms with van der Waals surface area (Å²) in [6.07, 6.45) is 0.245. The van der Waals surface area contributed by atoms with Gasteiger partial charge in [-0.15, -0.1) is 0 Å². The summed E-state index contributed by atoms with van der Waals surface area (Å²) in [4.78, 5) is 26.3. The molecule has 0 spiro atoms. The molecular formula is C19H19ClN2O2. The molecule has 3 rings (SSSR count). The molecule has 5 heteroatoms. The fraction of sp³-hybridized carbons (Fsp3) is 0.263. The van der Waals surface area contributed by atoms with Crippen molar-refractivity contribution in [1.82, 2.24) is 5.32 Å². The second kappa shape index (κ2) is 7.05. The van der Waals surface area contributed by atoms with E-state index in [2.05, 4.69) is 5.32 Å². The fourth-order valence-electron chi connectivity index (χ4n) is 2.84. The van der Waals surface area contributed by atoms with Gasteiger partial charge in [-0.3, -0.25) is 9.59 Å². The van der Waals surface area contributed by atoms with Crippen LogP contribution in [0, 0.1) is 12.8 Å². The highest BCUT2D eigenvalue weighted by Gasteiger charge is 2.34. The van der Waals surface area contributed by atoms with Gasteiger partial charge in [-0.05, 0) is 36.8 Å². The standard InChI is InChI=1S/C19H19ClN2O2/c1-13-5-7-17(8-6-13)22-12-15(10-18(22)23)19(24)21-11-14-3-2-4-16(20)9-14/h2-9,15H,10-12H2,1H3,(H,21,24). The van der Waals surface area contributed by atoms with Gasteiger partial charge in [0.2, 0.25) is 11.8 Å². The third-order valence-corrected chi connectivity index (χ3v) is 4.43. The van der Waals surface area contributed by atoms with Gasteiger partial charge in [0.15, 0.2) is 0 Å². The second-order valence-corrected chi connectivity index (χ2v) is 6.53. The highest BCUT2D eigenvalue weighted by atomic mass is 35.5. The molecule has 0 bridgehead atoms. The topological polar surface area (TPSA) is 49.4 Å². The maximum Gasteiger partial charge on any atom is 0.227 e. The molecule has 1 aliphatic rings. The van der Waals surface area contributed by atoms with E-state index in [4.69, 9.17) is 11.6 Å². The monoisotopic (exact) mass is 342 g/mol. The molecule has 0 radical (unpaired) electrons. The lowest BCUT2D eigenvalue weighted by molar-refractivity contribution is -0.126. The Morgan fingerprint density at radius 3 is 2.71 bits per heavy atom. The van der Waals surface area contributed by atoms with Crippen molar-refractivity contribution >= 4 is 29.1 Å². The number of anilines is 1. The zero-order valence-electron chi connectivity index (χ0n) is 13.5. The van der Waals surface area contributed by atoms with Gasteiger partial charge in [0.1, 0.15) is 0 Å². The lowest BCUT2D eigenvalue weighted by Crippen LogP contribution is -2.32. The van der Waals surface area contributed by atoms with Crippen LogP contribution in [0.2, 0.25) is 5.02 Å².